The van der Waals surface area contributed by atoms with Crippen molar-refractivity contribution in [3.05, 3.63) is 52.9 Å². The zero-order valence-electron chi connectivity index (χ0n) is 23.1. The van der Waals surface area contributed by atoms with Gasteiger partial charge in [0.25, 0.3) is 5.92 Å². The number of alkyl halides is 5. The van der Waals surface area contributed by atoms with Crippen LogP contribution in [-0.2, 0) is 20.0 Å². The number of rotatable bonds is 4. The summed E-state index contributed by atoms with van der Waals surface area (Å²) in [5.41, 5.74) is -4.85. The molecular formula is C28H27ClF5N5O3S. The molecule has 4 aliphatic rings. The molecule has 0 radical (unpaired) electrons. The lowest BCUT2D eigenvalue weighted by molar-refractivity contribution is -0.181. The Morgan fingerprint density at radius 3 is 2.53 bits per heavy atom. The number of halogens is 6. The van der Waals surface area contributed by atoms with E-state index < -0.39 is 56.7 Å². The van der Waals surface area contributed by atoms with Crippen molar-refractivity contribution in [1.29, 1.82) is 0 Å². The molecule has 7 rings (SSSR count). The monoisotopic (exact) mass is 643 g/mol. The third-order valence-electron chi connectivity index (χ3n) is 10.2. The molecule has 1 N–H and O–H groups in total. The number of nitrogens with zero attached hydrogens (tertiary/aromatic N) is 4. The van der Waals surface area contributed by atoms with E-state index in [9.17, 15) is 26.4 Å². The number of aromatic nitrogens is 3. The first kappa shape index (κ1) is 28.8. The highest BCUT2D eigenvalue weighted by Gasteiger charge is 2.82. The molecule has 2 aromatic heterocycles. The Hall–Kier alpha value is -3.00. The van der Waals surface area contributed by atoms with Crippen LogP contribution < -0.4 is 10.2 Å². The van der Waals surface area contributed by atoms with Crippen molar-refractivity contribution >= 4 is 44.4 Å². The number of nitrogens with one attached hydrogen (secondary N) is 1. The normalized spacial score (nSPS) is 33.9. The molecule has 43 heavy (non-hydrogen) atoms. The minimum Gasteiger partial charge on any atom is -0.349 e. The number of benzene rings is 1. The maximum absolute atomic E-state index is 15.4. The summed E-state index contributed by atoms with van der Waals surface area (Å²) in [7, 11) is -3.39. The fraction of sp³-hybridized carbons (Fsp3) is 0.536. The van der Waals surface area contributed by atoms with Crippen molar-refractivity contribution in [3.63, 3.8) is 0 Å². The number of anilines is 2. The highest BCUT2D eigenvalue weighted by molar-refractivity contribution is 7.91. The van der Waals surface area contributed by atoms with Gasteiger partial charge in [0.1, 0.15) is 10.8 Å². The van der Waals surface area contributed by atoms with Gasteiger partial charge in [0.2, 0.25) is 5.91 Å². The second-order valence-electron chi connectivity index (χ2n) is 12.7. The van der Waals surface area contributed by atoms with Crippen molar-refractivity contribution in [2.24, 2.45) is 11.3 Å². The Kier molecular flexibility index (Phi) is 5.74. The number of sulfone groups is 1. The lowest BCUT2D eigenvalue weighted by atomic mass is 9.87. The minimum atomic E-state index is -4.66. The van der Waals surface area contributed by atoms with Gasteiger partial charge < -0.3 is 10.2 Å². The van der Waals surface area contributed by atoms with Gasteiger partial charge >= 0.3 is 6.18 Å². The van der Waals surface area contributed by atoms with E-state index in [0.29, 0.717) is 24.9 Å². The van der Waals surface area contributed by atoms with E-state index >= 15 is 8.78 Å². The molecule has 230 valence electrons. The van der Waals surface area contributed by atoms with E-state index in [-0.39, 0.29) is 45.2 Å². The van der Waals surface area contributed by atoms with Crippen molar-refractivity contribution in [2.75, 3.05) is 23.0 Å². The molecule has 0 bridgehead atoms. The van der Waals surface area contributed by atoms with Gasteiger partial charge in [-0.2, -0.15) is 18.3 Å². The zero-order valence-corrected chi connectivity index (χ0v) is 24.6. The first-order valence-electron chi connectivity index (χ1n) is 13.8. The topological polar surface area (TPSA) is 96.7 Å². The molecule has 1 aromatic carbocycles. The maximum Gasteiger partial charge on any atom is 0.401 e. The molecule has 4 heterocycles. The summed E-state index contributed by atoms with van der Waals surface area (Å²) in [6.45, 7) is 1.73. The second-order valence-corrected chi connectivity index (χ2v) is 15.2. The molecule has 2 unspecified atom stereocenters. The first-order chi connectivity index (χ1) is 19.9. The highest BCUT2D eigenvalue weighted by atomic mass is 35.5. The van der Waals surface area contributed by atoms with Crippen LogP contribution in [0.25, 0.3) is 5.65 Å². The van der Waals surface area contributed by atoms with E-state index in [1.54, 1.807) is 0 Å². The van der Waals surface area contributed by atoms with E-state index in [2.05, 4.69) is 15.4 Å². The summed E-state index contributed by atoms with van der Waals surface area (Å²) in [5, 5.41) is 6.74. The Bertz CT molecular complexity index is 1800. The van der Waals surface area contributed by atoms with E-state index in [0.717, 1.165) is 11.4 Å². The van der Waals surface area contributed by atoms with Gasteiger partial charge in [0, 0.05) is 18.3 Å². The number of carbonyl (C=O) groups excluding carboxylic acids is 1. The summed E-state index contributed by atoms with van der Waals surface area (Å²) in [6, 6.07) is 7.04. The van der Waals surface area contributed by atoms with Crippen molar-refractivity contribution in [1.82, 2.24) is 19.9 Å². The summed E-state index contributed by atoms with van der Waals surface area (Å²) >= 11 is 5.97. The van der Waals surface area contributed by atoms with Gasteiger partial charge in [-0.15, -0.1) is 0 Å². The van der Waals surface area contributed by atoms with Crippen molar-refractivity contribution < 1.29 is 35.2 Å². The van der Waals surface area contributed by atoms with Gasteiger partial charge in [0.15, 0.2) is 20.6 Å². The minimum absolute atomic E-state index is 0.0108. The molecule has 3 aromatic rings. The molecule has 1 saturated heterocycles. The fourth-order valence-electron chi connectivity index (χ4n) is 7.64. The Balaban J connectivity index is 1.19. The van der Waals surface area contributed by atoms with Crippen molar-refractivity contribution in [3.8, 4) is 0 Å². The van der Waals surface area contributed by atoms with Crippen LogP contribution in [0.1, 0.15) is 50.3 Å². The lowest BCUT2D eigenvalue weighted by Crippen LogP contribution is -2.54. The van der Waals surface area contributed by atoms with Gasteiger partial charge in [0.05, 0.1) is 40.5 Å². The molecule has 15 heteroatoms. The average molecular weight is 644 g/mol. The predicted molar refractivity (Wildman–Crippen MR) is 148 cm³/mol. The molecule has 2 aliphatic heterocycles. The van der Waals surface area contributed by atoms with Crippen LogP contribution in [0.15, 0.2) is 36.5 Å². The molecule has 2 aliphatic carbocycles. The van der Waals surface area contributed by atoms with Crippen LogP contribution in [0.3, 0.4) is 0 Å². The number of hydrogen-bond donors (Lipinski definition) is 1. The smallest absolute Gasteiger partial charge is 0.349 e. The summed E-state index contributed by atoms with van der Waals surface area (Å²) < 4.78 is 99.9. The number of hydrogen-bond acceptors (Lipinski definition) is 6. The standard InChI is InChI=1S/C28H27ClF5N5O3S/c1-24(28(32,33)34)13-38(18-11-35-20-10-19(29)37-39(20)22(18)24)17-7-5-15(6-8-17)21-25(2,27(21,30)31)23(40)36-26-9-3-4-16(26)12-43(41,42)14-26/h5-8,10-11,16,21H,3-4,9,12-14H2,1-2H3,(H,36,40)/t16?,21-,24-,25+,26?/m1/s1. The van der Waals surface area contributed by atoms with E-state index in [4.69, 9.17) is 11.6 Å². The third-order valence-corrected chi connectivity index (χ3v) is 12.2. The largest absolute Gasteiger partial charge is 0.401 e. The maximum atomic E-state index is 15.4. The summed E-state index contributed by atoms with van der Waals surface area (Å²) in [5.74, 6) is -6.40. The van der Waals surface area contributed by atoms with Gasteiger partial charge in [-0.05, 0) is 50.3 Å². The fourth-order valence-corrected chi connectivity index (χ4v) is 10.3. The van der Waals surface area contributed by atoms with Gasteiger partial charge in [-0.3, -0.25) is 4.79 Å². The van der Waals surface area contributed by atoms with Crippen LogP contribution in [0.2, 0.25) is 5.15 Å². The molecule has 8 nitrogen and oxygen atoms in total. The van der Waals surface area contributed by atoms with Crippen molar-refractivity contribution in [2.45, 2.75) is 62.1 Å². The number of carbonyl (C=O) groups is 1. The zero-order chi connectivity index (χ0) is 31.0. The quantitative estimate of drug-likeness (QED) is 0.394. The van der Waals surface area contributed by atoms with Crippen LogP contribution in [-0.4, -0.2) is 64.6 Å². The van der Waals surface area contributed by atoms with E-state index in [1.807, 2.05) is 0 Å². The molecule has 2 saturated carbocycles. The SMILES string of the molecule is C[C@@]1(C(F)(F)F)CN(c2ccc([C@H]3C(F)(F)[C@]3(C)C(=O)NC34CCCC3CS(=O)(=O)C4)cc2)c2cnc3cc(Cl)nn3c21. The van der Waals surface area contributed by atoms with Crippen LogP contribution in [0.4, 0.5) is 33.3 Å². The van der Waals surface area contributed by atoms with Crippen LogP contribution >= 0.6 is 11.6 Å². The molecule has 5 atom stereocenters. The third kappa shape index (κ3) is 3.83. The highest BCUT2D eigenvalue weighted by Crippen LogP contribution is 2.71. The Morgan fingerprint density at radius 1 is 1.16 bits per heavy atom. The van der Waals surface area contributed by atoms with E-state index in [1.165, 1.54) is 48.4 Å². The lowest BCUT2D eigenvalue weighted by Gasteiger charge is -2.31. The van der Waals surface area contributed by atoms with Gasteiger partial charge in [-0.1, -0.05) is 30.2 Å². The summed E-state index contributed by atoms with van der Waals surface area (Å²) in [6.07, 6.45) is -1.61. The molecule has 0 spiro atoms. The molecule has 3 fully saturated rings. The van der Waals surface area contributed by atoms with Crippen LogP contribution in [0.5, 0.6) is 0 Å². The number of fused-ring (bicyclic) bond motifs is 4. The first-order valence-corrected chi connectivity index (χ1v) is 16.0. The Labute approximate surface area is 248 Å². The van der Waals surface area contributed by atoms with Gasteiger partial charge in [-0.25, -0.2) is 26.7 Å². The second kappa shape index (κ2) is 8.58. The average Bonchev–Trinajstić information content (AvgIpc) is 3.41. The Morgan fingerprint density at radius 2 is 1.86 bits per heavy atom. The molecular weight excluding hydrogens is 617 g/mol. The summed E-state index contributed by atoms with van der Waals surface area (Å²) in [4.78, 5) is 19.0. The predicted octanol–water partition coefficient (Wildman–Crippen LogP) is 5.18. The number of amides is 1. The van der Waals surface area contributed by atoms with Crippen LogP contribution in [0, 0.1) is 11.3 Å². The molecule has 1 amide bonds.